The maximum Gasteiger partial charge on any atom is 0.431 e. The monoisotopic (exact) mass is 596 g/mol. The summed E-state index contributed by atoms with van der Waals surface area (Å²) in [6, 6.07) is 18.9. The summed E-state index contributed by atoms with van der Waals surface area (Å²) >= 11 is 4.30. The highest BCUT2D eigenvalue weighted by atomic mass is 127. The van der Waals surface area contributed by atoms with Gasteiger partial charge in [-0.2, -0.15) is 0 Å². The minimum atomic E-state index is -0.836. The van der Waals surface area contributed by atoms with Gasteiger partial charge in [0, 0.05) is 11.4 Å². The number of hydrogen-bond acceptors (Lipinski definition) is 4. The van der Waals surface area contributed by atoms with E-state index in [4.69, 9.17) is 10.8 Å². The van der Waals surface area contributed by atoms with Gasteiger partial charge in [-0.25, -0.2) is 0 Å². The van der Waals surface area contributed by atoms with E-state index in [0.717, 1.165) is 11.4 Å². The molecule has 0 saturated carbocycles. The van der Waals surface area contributed by atoms with E-state index in [1.807, 2.05) is 70.5 Å². The van der Waals surface area contributed by atoms with Crippen LogP contribution >= 0.6 is 45.2 Å². The summed E-state index contributed by atoms with van der Waals surface area (Å²) in [5.41, 5.74) is 7.01. The van der Waals surface area contributed by atoms with Crippen LogP contribution in [0.15, 0.2) is 65.6 Å². The Hall–Kier alpha value is -0.980. The number of nitrogen functional groups attached to an aromatic ring is 1. The van der Waals surface area contributed by atoms with Crippen molar-refractivity contribution in [2.75, 3.05) is 20.9 Å². The predicted molar refractivity (Wildman–Crippen MR) is 139 cm³/mol. The molecule has 0 radical (unpaired) electrons. The van der Waals surface area contributed by atoms with Crippen LogP contribution in [0.5, 0.6) is 0 Å². The molecule has 2 rings (SSSR count). The Morgan fingerprint density at radius 1 is 0.889 bits per heavy atom. The molecule has 0 aromatic heterocycles. The van der Waals surface area contributed by atoms with Gasteiger partial charge in [0.15, 0.2) is 5.96 Å². The van der Waals surface area contributed by atoms with Gasteiger partial charge in [-0.05, 0) is 47.8 Å². The molecule has 0 heterocycles. The van der Waals surface area contributed by atoms with Crippen molar-refractivity contribution in [3.63, 3.8) is 0 Å². The fourth-order valence-corrected chi connectivity index (χ4v) is 1.60. The Balaban J connectivity index is 0. The number of guanidine groups is 1. The summed E-state index contributed by atoms with van der Waals surface area (Å²) in [4.78, 5) is 7.84. The molecule has 0 amide bonds. The molecule has 0 saturated heterocycles. The second-order valence-electron chi connectivity index (χ2n) is 4.83. The van der Waals surface area contributed by atoms with Gasteiger partial charge in [0.25, 0.3) is 0 Å². The number of nitrogens with zero attached hydrogens (tertiary/aromatic N) is 1. The number of hydrogen-bond donors (Lipinski definition) is 5. The quantitative estimate of drug-likeness (QED) is 0.0932. The Morgan fingerprint density at radius 3 is 1.67 bits per heavy atom. The molecule has 0 aliphatic heterocycles. The summed E-state index contributed by atoms with van der Waals surface area (Å²) in [6.45, 7) is 3.11. The second-order valence-corrected chi connectivity index (χ2v) is 4.83. The van der Waals surface area contributed by atoms with Crippen molar-refractivity contribution in [2.45, 2.75) is 13.6 Å². The number of nitrogens with two attached hydrogens (primary N) is 1. The first-order chi connectivity index (χ1) is 13.0. The lowest BCUT2D eigenvalue weighted by Gasteiger charge is -2.13. The zero-order chi connectivity index (χ0) is 21.1. The number of nitrogens with one attached hydrogen (secondary N) is 2. The second kappa shape index (κ2) is 19.8. The lowest BCUT2D eigenvalue weighted by molar-refractivity contribution is 0.571. The van der Waals surface area contributed by atoms with Crippen LogP contribution in [-0.4, -0.2) is 40.0 Å². The molecule has 0 bridgehead atoms. The summed E-state index contributed by atoms with van der Waals surface area (Å²) in [6.07, 6.45) is 0. The minimum Gasteiger partial charge on any atom is -0.433 e. The Morgan fingerprint density at radius 2 is 1.33 bits per heavy atom. The molecule has 6 N–H and O–H groups in total. The summed E-state index contributed by atoms with van der Waals surface area (Å²) < 4.78 is 0. The van der Waals surface area contributed by atoms with Gasteiger partial charge in [0.1, 0.15) is 0 Å². The van der Waals surface area contributed by atoms with Crippen LogP contribution in [0.3, 0.4) is 0 Å². The largest absolute Gasteiger partial charge is 0.433 e. The van der Waals surface area contributed by atoms with Crippen molar-refractivity contribution in [1.29, 1.82) is 0 Å². The van der Waals surface area contributed by atoms with Crippen molar-refractivity contribution >= 4 is 76.6 Å². The van der Waals surface area contributed by atoms with Crippen molar-refractivity contribution < 1.29 is 10.0 Å². The van der Waals surface area contributed by atoms with Crippen molar-refractivity contribution in [1.82, 2.24) is 5.23 Å². The van der Waals surface area contributed by atoms with Gasteiger partial charge in [0.05, 0.1) is 0 Å². The number of alkyl halides is 2. The van der Waals surface area contributed by atoms with E-state index in [1.54, 1.807) is 6.82 Å². The van der Waals surface area contributed by atoms with E-state index in [-0.39, 0.29) is 0 Å². The highest BCUT2D eigenvalue weighted by Crippen LogP contribution is 2.04. The molecule has 0 spiro atoms. The average Bonchev–Trinajstić information content (AvgIpc) is 2.66. The van der Waals surface area contributed by atoms with Gasteiger partial charge in [0.2, 0.25) is 0 Å². The highest BCUT2D eigenvalue weighted by Gasteiger charge is 2.09. The van der Waals surface area contributed by atoms with Crippen molar-refractivity contribution in [3.05, 3.63) is 60.7 Å². The summed E-state index contributed by atoms with van der Waals surface area (Å²) in [7, 11) is -1.58. The third-order valence-electron chi connectivity index (χ3n) is 2.50. The van der Waals surface area contributed by atoms with Crippen LogP contribution < -0.4 is 16.3 Å². The predicted octanol–water partition coefficient (Wildman–Crippen LogP) is 3.64. The summed E-state index contributed by atoms with van der Waals surface area (Å²) in [5.74, 6) is 0.330. The zero-order valence-corrected chi connectivity index (χ0v) is 20.4. The molecule has 0 aliphatic carbocycles. The van der Waals surface area contributed by atoms with E-state index in [9.17, 15) is 5.02 Å². The van der Waals surface area contributed by atoms with Crippen LogP contribution in [0, 0.1) is 0 Å². The first kappa shape index (κ1) is 28.2. The van der Waals surface area contributed by atoms with E-state index < -0.39 is 14.1 Å². The fraction of sp³-hybridized carbons (Fsp3) is 0.235. The van der Waals surface area contributed by atoms with E-state index in [2.05, 4.69) is 60.6 Å². The molecule has 2 aromatic rings. The molecule has 6 nitrogen and oxygen atoms in total. The maximum atomic E-state index is 9.20. The van der Waals surface area contributed by atoms with Crippen LogP contribution in [0.25, 0.3) is 0 Å². The third kappa shape index (κ3) is 18.2. The molecule has 148 valence electrons. The molecule has 0 aliphatic rings. The van der Waals surface area contributed by atoms with Crippen LogP contribution in [0.1, 0.15) is 0 Å². The SMILES string of the molecule is CB(O)N=C(NB(C)O)Nc1ccccc1.CI.CI.Nc1ccccc1. The molecular weight excluding hydrogens is 568 g/mol. The zero-order valence-electron chi connectivity index (χ0n) is 16.1. The molecule has 0 atom stereocenters. The standard InChI is InChI=1S/C9H15B2N3O2.C6H7N.2CH3I/c1-10(15)13-9(14-11(2)16)12-8-6-4-3-5-7-8;7-6-4-2-1-3-5-6;2*1-2/h3-7,15-16H,1-2H3,(H2,12,13,14);1-5H,7H2;2*1H3. The van der Waals surface area contributed by atoms with Crippen molar-refractivity contribution in [2.24, 2.45) is 4.90 Å². The Bertz CT molecular complexity index is 592. The fourth-order valence-electron chi connectivity index (χ4n) is 1.60. The molecule has 0 unspecified atom stereocenters. The van der Waals surface area contributed by atoms with Gasteiger partial charge < -0.3 is 26.3 Å². The average molecular weight is 596 g/mol. The van der Waals surface area contributed by atoms with Gasteiger partial charge >= 0.3 is 14.1 Å². The topological polar surface area (TPSA) is 103 Å². The maximum absolute atomic E-state index is 9.20. The molecule has 27 heavy (non-hydrogen) atoms. The number of rotatable bonds is 3. The molecule has 2 aromatic carbocycles. The lowest BCUT2D eigenvalue weighted by Crippen LogP contribution is -2.41. The van der Waals surface area contributed by atoms with Crippen LogP contribution in [0.4, 0.5) is 11.4 Å². The molecular formula is C17H28B2I2N4O2. The van der Waals surface area contributed by atoms with Gasteiger partial charge in [-0.1, -0.05) is 81.6 Å². The lowest BCUT2D eigenvalue weighted by atomic mass is 9.88. The third-order valence-corrected chi connectivity index (χ3v) is 2.50. The van der Waals surface area contributed by atoms with Crippen molar-refractivity contribution in [3.8, 4) is 0 Å². The van der Waals surface area contributed by atoms with E-state index >= 15 is 0 Å². The number of halogens is 2. The number of anilines is 2. The van der Waals surface area contributed by atoms with Crippen LogP contribution in [-0.2, 0) is 0 Å². The van der Waals surface area contributed by atoms with Crippen LogP contribution in [0.2, 0.25) is 13.6 Å². The normalized spacial score (nSPS) is 9.11. The first-order valence-electron chi connectivity index (χ1n) is 8.06. The summed E-state index contributed by atoms with van der Waals surface area (Å²) in [5, 5.41) is 24.0. The van der Waals surface area contributed by atoms with E-state index in [0.29, 0.717) is 5.96 Å². The van der Waals surface area contributed by atoms with Gasteiger partial charge in [-0.15, -0.1) is 0 Å². The van der Waals surface area contributed by atoms with Gasteiger partial charge in [-0.3, -0.25) is 4.90 Å². The molecule has 0 fully saturated rings. The van der Waals surface area contributed by atoms with E-state index in [1.165, 1.54) is 6.82 Å². The molecule has 10 heteroatoms. The minimum absolute atomic E-state index is 0.330. The number of benzene rings is 2. The Kier molecular flexibility index (Phi) is 20.7. The highest BCUT2D eigenvalue weighted by molar-refractivity contribution is 14.1. The Labute approximate surface area is 191 Å². The number of para-hydroxylation sites is 2. The first-order valence-corrected chi connectivity index (χ1v) is 12.4. The smallest absolute Gasteiger partial charge is 0.431 e.